The topological polar surface area (TPSA) is 35.2 Å². The molecule has 1 fully saturated rings. The second kappa shape index (κ2) is 4.73. The van der Waals surface area contributed by atoms with E-state index in [4.69, 9.17) is 10.5 Å². The molecule has 3 heteroatoms. The molecule has 1 aliphatic heterocycles. The summed E-state index contributed by atoms with van der Waals surface area (Å²) < 4.78 is 18.3. The number of hydrogen-bond acceptors (Lipinski definition) is 2. The highest BCUT2D eigenvalue weighted by molar-refractivity contribution is 5.17. The fourth-order valence-corrected chi connectivity index (χ4v) is 1.99. The van der Waals surface area contributed by atoms with E-state index >= 15 is 0 Å². The van der Waals surface area contributed by atoms with Crippen LogP contribution in [-0.4, -0.2) is 19.3 Å². The van der Waals surface area contributed by atoms with Gasteiger partial charge in [0, 0.05) is 18.6 Å². The summed E-state index contributed by atoms with van der Waals surface area (Å²) in [5.74, 6) is 0.137. The summed E-state index contributed by atoms with van der Waals surface area (Å²) in [5, 5.41) is 0. The number of nitrogens with two attached hydrogens (primary N) is 1. The average Bonchev–Trinajstić information content (AvgIpc) is 2.22. The SMILES string of the molecule is N[C@@H]1CCOC[C@H]1Cc1cccc(F)c1. The van der Waals surface area contributed by atoms with Crippen molar-refractivity contribution in [2.75, 3.05) is 13.2 Å². The Morgan fingerprint density at radius 3 is 3.07 bits per heavy atom. The van der Waals surface area contributed by atoms with Crippen LogP contribution in [0.15, 0.2) is 24.3 Å². The first-order valence-electron chi connectivity index (χ1n) is 5.33. The van der Waals surface area contributed by atoms with Gasteiger partial charge in [0.25, 0.3) is 0 Å². The Balaban J connectivity index is 2.01. The first kappa shape index (κ1) is 10.6. The highest BCUT2D eigenvalue weighted by Crippen LogP contribution is 2.18. The minimum atomic E-state index is -0.183. The zero-order valence-electron chi connectivity index (χ0n) is 8.66. The smallest absolute Gasteiger partial charge is 0.123 e. The molecule has 82 valence electrons. The van der Waals surface area contributed by atoms with E-state index in [1.54, 1.807) is 12.1 Å². The van der Waals surface area contributed by atoms with Gasteiger partial charge in [0.15, 0.2) is 0 Å². The third-order valence-corrected chi connectivity index (χ3v) is 2.92. The van der Waals surface area contributed by atoms with E-state index in [0.717, 1.165) is 25.0 Å². The molecule has 1 aliphatic rings. The second-order valence-electron chi connectivity index (χ2n) is 4.12. The lowest BCUT2D eigenvalue weighted by molar-refractivity contribution is 0.0422. The van der Waals surface area contributed by atoms with Crippen LogP contribution in [0.25, 0.3) is 0 Å². The Kier molecular flexibility index (Phi) is 3.34. The van der Waals surface area contributed by atoms with Gasteiger partial charge in [0.2, 0.25) is 0 Å². The van der Waals surface area contributed by atoms with Crippen molar-refractivity contribution in [1.82, 2.24) is 0 Å². The standard InChI is InChI=1S/C12H16FNO/c13-11-3-1-2-9(7-11)6-10-8-15-5-4-12(10)14/h1-3,7,10,12H,4-6,8,14H2/t10-,12-/m1/s1. The molecular formula is C12H16FNO. The van der Waals surface area contributed by atoms with Crippen molar-refractivity contribution in [2.45, 2.75) is 18.9 Å². The van der Waals surface area contributed by atoms with Crippen molar-refractivity contribution in [3.8, 4) is 0 Å². The molecule has 0 spiro atoms. The van der Waals surface area contributed by atoms with Crippen molar-refractivity contribution in [3.05, 3.63) is 35.6 Å². The second-order valence-corrected chi connectivity index (χ2v) is 4.12. The molecule has 1 aromatic carbocycles. The quantitative estimate of drug-likeness (QED) is 0.805. The molecule has 2 N–H and O–H groups in total. The van der Waals surface area contributed by atoms with Crippen molar-refractivity contribution in [2.24, 2.45) is 11.7 Å². The van der Waals surface area contributed by atoms with Crippen LogP contribution in [0.5, 0.6) is 0 Å². The van der Waals surface area contributed by atoms with Gasteiger partial charge in [-0.3, -0.25) is 0 Å². The van der Waals surface area contributed by atoms with Gasteiger partial charge < -0.3 is 10.5 Å². The lowest BCUT2D eigenvalue weighted by atomic mass is 9.90. The van der Waals surface area contributed by atoms with E-state index < -0.39 is 0 Å². The summed E-state index contributed by atoms with van der Waals surface area (Å²) in [6.07, 6.45) is 1.71. The van der Waals surface area contributed by atoms with Crippen molar-refractivity contribution in [1.29, 1.82) is 0 Å². The van der Waals surface area contributed by atoms with Crippen LogP contribution in [0.3, 0.4) is 0 Å². The molecule has 2 atom stereocenters. The first-order chi connectivity index (χ1) is 7.25. The lowest BCUT2D eigenvalue weighted by Crippen LogP contribution is -2.39. The van der Waals surface area contributed by atoms with Crippen LogP contribution in [0.4, 0.5) is 4.39 Å². The Morgan fingerprint density at radius 1 is 1.47 bits per heavy atom. The maximum absolute atomic E-state index is 13.0. The molecule has 1 heterocycles. The lowest BCUT2D eigenvalue weighted by Gasteiger charge is -2.28. The molecule has 0 bridgehead atoms. The predicted octanol–water partition coefficient (Wildman–Crippen LogP) is 1.73. The van der Waals surface area contributed by atoms with E-state index in [2.05, 4.69) is 0 Å². The molecule has 2 rings (SSSR count). The molecule has 1 saturated heterocycles. The van der Waals surface area contributed by atoms with Crippen LogP contribution in [0.1, 0.15) is 12.0 Å². The van der Waals surface area contributed by atoms with Gasteiger partial charge >= 0.3 is 0 Å². The van der Waals surface area contributed by atoms with Gasteiger partial charge in [-0.05, 0) is 30.5 Å². The fraction of sp³-hybridized carbons (Fsp3) is 0.500. The fourth-order valence-electron chi connectivity index (χ4n) is 1.99. The van der Waals surface area contributed by atoms with Gasteiger partial charge in [0.05, 0.1) is 6.61 Å². The molecule has 0 amide bonds. The minimum absolute atomic E-state index is 0.182. The zero-order chi connectivity index (χ0) is 10.7. The molecule has 0 aromatic heterocycles. The summed E-state index contributed by atoms with van der Waals surface area (Å²) in [7, 11) is 0. The Labute approximate surface area is 89.2 Å². The van der Waals surface area contributed by atoms with E-state index in [1.807, 2.05) is 6.07 Å². The molecule has 0 radical (unpaired) electrons. The molecule has 15 heavy (non-hydrogen) atoms. The molecule has 0 unspecified atom stereocenters. The van der Waals surface area contributed by atoms with Crippen LogP contribution < -0.4 is 5.73 Å². The number of rotatable bonds is 2. The molecular weight excluding hydrogens is 193 g/mol. The largest absolute Gasteiger partial charge is 0.381 e. The van der Waals surface area contributed by atoms with E-state index in [1.165, 1.54) is 6.07 Å². The summed E-state index contributed by atoms with van der Waals surface area (Å²) in [5.41, 5.74) is 6.99. The molecule has 2 nitrogen and oxygen atoms in total. The predicted molar refractivity (Wildman–Crippen MR) is 57.0 cm³/mol. The average molecular weight is 209 g/mol. The van der Waals surface area contributed by atoms with Crippen LogP contribution in [-0.2, 0) is 11.2 Å². The third kappa shape index (κ3) is 2.76. The summed E-state index contributed by atoms with van der Waals surface area (Å²) in [6, 6.07) is 6.88. The Bertz CT molecular complexity index is 329. The monoisotopic (exact) mass is 209 g/mol. The Morgan fingerprint density at radius 2 is 2.33 bits per heavy atom. The van der Waals surface area contributed by atoms with Crippen molar-refractivity contribution in [3.63, 3.8) is 0 Å². The van der Waals surface area contributed by atoms with Crippen molar-refractivity contribution < 1.29 is 9.13 Å². The Hall–Kier alpha value is -0.930. The van der Waals surface area contributed by atoms with Crippen LogP contribution in [0, 0.1) is 11.7 Å². The maximum Gasteiger partial charge on any atom is 0.123 e. The van der Waals surface area contributed by atoms with Gasteiger partial charge in [-0.15, -0.1) is 0 Å². The van der Waals surface area contributed by atoms with Crippen LogP contribution in [0.2, 0.25) is 0 Å². The molecule has 0 aliphatic carbocycles. The molecule has 0 saturated carbocycles. The highest BCUT2D eigenvalue weighted by Gasteiger charge is 2.22. The van der Waals surface area contributed by atoms with Gasteiger partial charge in [-0.25, -0.2) is 4.39 Å². The minimum Gasteiger partial charge on any atom is -0.381 e. The third-order valence-electron chi connectivity index (χ3n) is 2.92. The number of ether oxygens (including phenoxy) is 1. The summed E-state index contributed by atoms with van der Waals surface area (Å²) in [4.78, 5) is 0. The number of halogens is 1. The summed E-state index contributed by atoms with van der Waals surface area (Å²) in [6.45, 7) is 1.44. The van der Waals surface area contributed by atoms with Gasteiger partial charge in [-0.1, -0.05) is 12.1 Å². The van der Waals surface area contributed by atoms with E-state index in [9.17, 15) is 4.39 Å². The summed E-state index contributed by atoms with van der Waals surface area (Å²) >= 11 is 0. The molecule has 1 aromatic rings. The van der Waals surface area contributed by atoms with Gasteiger partial charge in [-0.2, -0.15) is 0 Å². The van der Waals surface area contributed by atoms with Crippen molar-refractivity contribution >= 4 is 0 Å². The first-order valence-corrected chi connectivity index (χ1v) is 5.33. The van der Waals surface area contributed by atoms with Gasteiger partial charge in [0.1, 0.15) is 5.82 Å². The van der Waals surface area contributed by atoms with Crippen LogP contribution >= 0.6 is 0 Å². The highest BCUT2D eigenvalue weighted by atomic mass is 19.1. The normalized spacial score (nSPS) is 26.5. The maximum atomic E-state index is 13.0. The van der Waals surface area contributed by atoms with E-state index in [0.29, 0.717) is 12.5 Å². The number of benzene rings is 1. The number of hydrogen-bond donors (Lipinski definition) is 1. The zero-order valence-corrected chi connectivity index (χ0v) is 8.66. The van der Waals surface area contributed by atoms with E-state index in [-0.39, 0.29) is 11.9 Å².